The van der Waals surface area contributed by atoms with E-state index in [9.17, 15) is 4.79 Å². The Morgan fingerprint density at radius 3 is 2.70 bits per heavy atom. The summed E-state index contributed by atoms with van der Waals surface area (Å²) in [5, 5.41) is 2.48. The lowest BCUT2D eigenvalue weighted by molar-refractivity contribution is -0.139. The van der Waals surface area contributed by atoms with Gasteiger partial charge in [0.2, 0.25) is 0 Å². The molecule has 1 aromatic heterocycles. The topological polar surface area (TPSA) is 42.1 Å². The summed E-state index contributed by atoms with van der Waals surface area (Å²) in [7, 11) is 0. The van der Waals surface area contributed by atoms with E-state index >= 15 is 0 Å². The van der Waals surface area contributed by atoms with E-state index in [0.717, 1.165) is 10.5 Å². The van der Waals surface area contributed by atoms with Crippen molar-refractivity contribution < 1.29 is 9.53 Å². The van der Waals surface area contributed by atoms with Crippen LogP contribution in [0.4, 0.5) is 0 Å². The minimum atomic E-state index is -0.182. The molecule has 0 aliphatic carbocycles. The van der Waals surface area contributed by atoms with Gasteiger partial charge in [-0.15, -0.1) is 11.8 Å². The third kappa shape index (κ3) is 3.27. The van der Waals surface area contributed by atoms with Gasteiger partial charge >= 0.3 is 5.97 Å². The SMILES string of the molecule is CCOC(=O)CSc1c[nH]cc1-c1cccc2c(C)cccc12. The number of thioether (sulfide) groups is 1. The van der Waals surface area contributed by atoms with Gasteiger partial charge in [-0.05, 0) is 35.7 Å². The highest BCUT2D eigenvalue weighted by atomic mass is 32.2. The molecule has 23 heavy (non-hydrogen) atoms. The molecular weight excluding hydrogens is 306 g/mol. The molecule has 3 aromatic rings. The molecule has 0 radical (unpaired) electrons. The van der Waals surface area contributed by atoms with Crippen LogP contribution in [-0.4, -0.2) is 23.3 Å². The highest BCUT2D eigenvalue weighted by molar-refractivity contribution is 8.00. The van der Waals surface area contributed by atoms with Crippen LogP contribution in [0.1, 0.15) is 12.5 Å². The molecule has 0 bridgehead atoms. The van der Waals surface area contributed by atoms with Gasteiger partial charge in [0, 0.05) is 22.9 Å². The molecule has 0 amide bonds. The number of rotatable bonds is 5. The van der Waals surface area contributed by atoms with Gasteiger partial charge in [0.05, 0.1) is 12.4 Å². The molecule has 0 saturated carbocycles. The fourth-order valence-electron chi connectivity index (χ4n) is 2.72. The molecule has 3 nitrogen and oxygen atoms in total. The summed E-state index contributed by atoms with van der Waals surface area (Å²) in [5.74, 6) is 0.140. The molecule has 0 atom stereocenters. The first-order valence-corrected chi connectivity index (χ1v) is 8.63. The van der Waals surface area contributed by atoms with Crippen LogP contribution in [0.2, 0.25) is 0 Å². The number of hydrogen-bond acceptors (Lipinski definition) is 3. The zero-order valence-electron chi connectivity index (χ0n) is 13.3. The average Bonchev–Trinajstić information content (AvgIpc) is 3.01. The van der Waals surface area contributed by atoms with Crippen LogP contribution in [0.5, 0.6) is 0 Å². The van der Waals surface area contributed by atoms with Crippen molar-refractivity contribution in [1.82, 2.24) is 4.98 Å². The van der Waals surface area contributed by atoms with Crippen molar-refractivity contribution in [2.75, 3.05) is 12.4 Å². The number of hydrogen-bond donors (Lipinski definition) is 1. The minimum absolute atomic E-state index is 0.182. The number of carbonyl (C=O) groups excluding carboxylic acids is 1. The largest absolute Gasteiger partial charge is 0.465 e. The lowest BCUT2D eigenvalue weighted by Gasteiger charge is -2.09. The Morgan fingerprint density at radius 2 is 1.87 bits per heavy atom. The molecular formula is C19H19NO2S. The van der Waals surface area contributed by atoms with E-state index in [1.54, 1.807) is 0 Å². The standard InChI is InChI=1S/C19H19NO2S/c1-3-22-19(21)12-23-18-11-20-10-17(18)16-9-5-7-14-13(2)6-4-8-15(14)16/h4-11,20H,3,12H2,1-2H3. The maximum atomic E-state index is 11.6. The molecule has 3 rings (SSSR count). The number of aromatic nitrogens is 1. The van der Waals surface area contributed by atoms with Gasteiger partial charge in [0.15, 0.2) is 0 Å². The third-order valence-electron chi connectivity index (χ3n) is 3.79. The molecule has 118 valence electrons. The van der Waals surface area contributed by atoms with E-state index in [1.807, 2.05) is 19.3 Å². The number of nitrogens with one attached hydrogen (secondary N) is 1. The molecule has 1 N–H and O–H groups in total. The van der Waals surface area contributed by atoms with Gasteiger partial charge in [-0.2, -0.15) is 0 Å². The number of aromatic amines is 1. The zero-order valence-corrected chi connectivity index (χ0v) is 14.1. The summed E-state index contributed by atoms with van der Waals surface area (Å²) in [5.41, 5.74) is 3.56. The lowest BCUT2D eigenvalue weighted by atomic mass is 9.97. The van der Waals surface area contributed by atoms with Crippen molar-refractivity contribution in [3.8, 4) is 11.1 Å². The van der Waals surface area contributed by atoms with Crippen LogP contribution in [0.3, 0.4) is 0 Å². The summed E-state index contributed by atoms with van der Waals surface area (Å²) in [6.07, 6.45) is 3.93. The highest BCUT2D eigenvalue weighted by Crippen LogP contribution is 2.36. The molecule has 0 saturated heterocycles. The maximum absolute atomic E-state index is 11.6. The van der Waals surface area contributed by atoms with Crippen LogP contribution in [0, 0.1) is 6.92 Å². The van der Waals surface area contributed by atoms with Crippen molar-refractivity contribution in [1.29, 1.82) is 0 Å². The molecule has 4 heteroatoms. The summed E-state index contributed by atoms with van der Waals surface area (Å²) >= 11 is 1.50. The van der Waals surface area contributed by atoms with E-state index in [0.29, 0.717) is 12.4 Å². The second kappa shape index (κ2) is 6.92. The van der Waals surface area contributed by atoms with Crippen molar-refractivity contribution in [2.45, 2.75) is 18.7 Å². The molecule has 0 unspecified atom stereocenters. The number of carbonyl (C=O) groups is 1. The van der Waals surface area contributed by atoms with Crippen LogP contribution < -0.4 is 0 Å². The second-order valence-electron chi connectivity index (χ2n) is 5.30. The Morgan fingerprint density at radius 1 is 1.09 bits per heavy atom. The van der Waals surface area contributed by atoms with Gasteiger partial charge in [-0.3, -0.25) is 4.79 Å². The predicted octanol–water partition coefficient (Wildman–Crippen LogP) is 4.80. The summed E-state index contributed by atoms with van der Waals surface area (Å²) < 4.78 is 5.00. The molecule has 0 fully saturated rings. The fourth-order valence-corrected chi connectivity index (χ4v) is 3.55. The maximum Gasteiger partial charge on any atom is 0.316 e. The smallest absolute Gasteiger partial charge is 0.316 e. The first-order chi connectivity index (χ1) is 11.2. The van der Waals surface area contributed by atoms with E-state index < -0.39 is 0 Å². The van der Waals surface area contributed by atoms with E-state index in [-0.39, 0.29) is 5.97 Å². The van der Waals surface area contributed by atoms with E-state index in [2.05, 4.69) is 48.3 Å². The highest BCUT2D eigenvalue weighted by Gasteiger charge is 2.12. The van der Waals surface area contributed by atoms with Crippen molar-refractivity contribution in [3.05, 3.63) is 54.4 Å². The fraction of sp³-hybridized carbons (Fsp3) is 0.211. The minimum Gasteiger partial charge on any atom is -0.465 e. The van der Waals surface area contributed by atoms with Crippen LogP contribution in [0.15, 0.2) is 53.7 Å². The molecule has 2 aromatic carbocycles. The van der Waals surface area contributed by atoms with Gasteiger partial charge in [0.1, 0.15) is 0 Å². The molecule has 0 aliphatic rings. The number of ether oxygens (including phenoxy) is 1. The van der Waals surface area contributed by atoms with Crippen LogP contribution in [0.25, 0.3) is 21.9 Å². The summed E-state index contributed by atoms with van der Waals surface area (Å²) in [6, 6.07) is 12.7. The average molecular weight is 325 g/mol. The van der Waals surface area contributed by atoms with Crippen molar-refractivity contribution in [3.63, 3.8) is 0 Å². The second-order valence-corrected chi connectivity index (χ2v) is 6.32. The Kier molecular flexibility index (Phi) is 4.72. The first-order valence-electron chi connectivity index (χ1n) is 7.64. The Hall–Kier alpha value is -2.20. The normalized spacial score (nSPS) is 10.9. The van der Waals surface area contributed by atoms with Gasteiger partial charge in [0.25, 0.3) is 0 Å². The molecule has 0 aliphatic heterocycles. The Bertz CT molecular complexity index is 838. The van der Waals surface area contributed by atoms with E-state index in [1.165, 1.54) is 33.7 Å². The first kappa shape index (κ1) is 15.7. The Labute approximate surface area is 140 Å². The summed E-state index contributed by atoms with van der Waals surface area (Å²) in [6.45, 7) is 4.37. The number of aryl methyl sites for hydroxylation is 1. The molecule has 0 spiro atoms. The molecule has 1 heterocycles. The van der Waals surface area contributed by atoms with Crippen molar-refractivity contribution >= 4 is 28.5 Å². The monoisotopic (exact) mass is 325 g/mol. The quantitative estimate of drug-likeness (QED) is 0.541. The van der Waals surface area contributed by atoms with Gasteiger partial charge < -0.3 is 9.72 Å². The Balaban J connectivity index is 1.96. The zero-order chi connectivity index (χ0) is 16.2. The van der Waals surface area contributed by atoms with Gasteiger partial charge in [-0.1, -0.05) is 36.4 Å². The van der Waals surface area contributed by atoms with Crippen molar-refractivity contribution in [2.24, 2.45) is 0 Å². The lowest BCUT2D eigenvalue weighted by Crippen LogP contribution is -2.06. The van der Waals surface area contributed by atoms with Gasteiger partial charge in [-0.25, -0.2) is 0 Å². The number of fused-ring (bicyclic) bond motifs is 1. The predicted molar refractivity (Wildman–Crippen MR) is 95.8 cm³/mol. The van der Waals surface area contributed by atoms with E-state index in [4.69, 9.17) is 4.74 Å². The van der Waals surface area contributed by atoms with Crippen LogP contribution >= 0.6 is 11.8 Å². The number of benzene rings is 2. The van der Waals surface area contributed by atoms with Crippen LogP contribution in [-0.2, 0) is 9.53 Å². The number of H-pyrrole nitrogens is 1. The summed E-state index contributed by atoms with van der Waals surface area (Å²) in [4.78, 5) is 15.8. The number of esters is 1. The third-order valence-corrected chi connectivity index (χ3v) is 4.82.